The second-order valence-electron chi connectivity index (χ2n) is 5.52. The molecule has 1 unspecified atom stereocenters. The van der Waals surface area contributed by atoms with E-state index in [2.05, 4.69) is 5.32 Å². The van der Waals surface area contributed by atoms with Gasteiger partial charge in [-0.3, -0.25) is 4.79 Å². The van der Waals surface area contributed by atoms with Crippen molar-refractivity contribution in [1.82, 2.24) is 5.32 Å². The maximum absolute atomic E-state index is 12.0. The number of nitrogens with one attached hydrogen (secondary N) is 1. The van der Waals surface area contributed by atoms with Gasteiger partial charge in [0.1, 0.15) is 12.4 Å². The van der Waals surface area contributed by atoms with Crippen molar-refractivity contribution in [3.63, 3.8) is 0 Å². The molecule has 0 aromatic heterocycles. The largest absolute Gasteiger partial charge is 0.495 e. The number of carbonyl (C=O) groups is 2. The van der Waals surface area contributed by atoms with Crippen LogP contribution in [0.15, 0.2) is 48.5 Å². The number of carboxylic acids is 1. The number of benzene rings is 2. The number of hydrogen-bond donors (Lipinski definition) is 2. The number of rotatable bonds is 9. The van der Waals surface area contributed by atoms with Crippen LogP contribution < -0.4 is 10.1 Å². The van der Waals surface area contributed by atoms with E-state index in [1.807, 2.05) is 30.3 Å². The maximum Gasteiger partial charge on any atom is 0.330 e. The van der Waals surface area contributed by atoms with Gasteiger partial charge in [0.25, 0.3) is 0 Å². The molecule has 0 aliphatic rings. The summed E-state index contributed by atoms with van der Waals surface area (Å²) in [6.45, 7) is 0.143. The summed E-state index contributed by atoms with van der Waals surface area (Å²) in [5.41, 5.74) is 1.45. The van der Waals surface area contributed by atoms with Crippen LogP contribution in [0, 0.1) is 0 Å². The molecule has 0 fully saturated rings. The molecule has 0 spiro atoms. The van der Waals surface area contributed by atoms with Gasteiger partial charge in [0.2, 0.25) is 5.91 Å². The van der Waals surface area contributed by atoms with Gasteiger partial charge in [0.05, 0.1) is 18.7 Å². The first-order valence-electron chi connectivity index (χ1n) is 7.98. The Morgan fingerprint density at radius 3 is 2.54 bits per heavy atom. The van der Waals surface area contributed by atoms with E-state index in [1.54, 1.807) is 12.1 Å². The highest BCUT2D eigenvalue weighted by atomic mass is 35.5. The Balaban J connectivity index is 1.87. The van der Waals surface area contributed by atoms with Gasteiger partial charge in [0, 0.05) is 0 Å². The molecule has 0 heterocycles. The smallest absolute Gasteiger partial charge is 0.330 e. The topological polar surface area (TPSA) is 84.9 Å². The molecule has 0 saturated carbocycles. The van der Waals surface area contributed by atoms with E-state index in [0.717, 1.165) is 5.56 Å². The SMILES string of the molecule is COc1ccc(C(NC(=O)COCCc2ccccc2)C(=O)O)cc1Cl. The van der Waals surface area contributed by atoms with E-state index in [4.69, 9.17) is 21.1 Å². The van der Waals surface area contributed by atoms with Gasteiger partial charge in [-0.15, -0.1) is 0 Å². The third kappa shape index (κ3) is 5.75. The average Bonchev–Trinajstić information content (AvgIpc) is 2.64. The third-order valence-corrected chi connectivity index (χ3v) is 3.97. The molecule has 2 N–H and O–H groups in total. The Morgan fingerprint density at radius 1 is 1.19 bits per heavy atom. The zero-order valence-corrected chi connectivity index (χ0v) is 15.0. The van der Waals surface area contributed by atoms with Crippen molar-refractivity contribution in [2.75, 3.05) is 20.3 Å². The molecule has 1 atom stereocenters. The minimum Gasteiger partial charge on any atom is -0.495 e. The lowest BCUT2D eigenvalue weighted by atomic mass is 10.1. The molecule has 2 aromatic carbocycles. The lowest BCUT2D eigenvalue weighted by molar-refractivity contribution is -0.142. The molecule has 7 heteroatoms. The first-order valence-corrected chi connectivity index (χ1v) is 8.36. The van der Waals surface area contributed by atoms with Gasteiger partial charge >= 0.3 is 5.97 Å². The maximum atomic E-state index is 12.0. The van der Waals surface area contributed by atoms with Gasteiger partial charge < -0.3 is 19.9 Å². The number of ether oxygens (including phenoxy) is 2. The van der Waals surface area contributed by atoms with Crippen LogP contribution in [0.3, 0.4) is 0 Å². The molecule has 0 bridgehead atoms. The van der Waals surface area contributed by atoms with Crippen LogP contribution in [0.5, 0.6) is 5.75 Å². The number of hydrogen-bond acceptors (Lipinski definition) is 4. The molecule has 26 heavy (non-hydrogen) atoms. The second-order valence-corrected chi connectivity index (χ2v) is 5.93. The first-order chi connectivity index (χ1) is 12.5. The summed E-state index contributed by atoms with van der Waals surface area (Å²) in [4.78, 5) is 23.5. The molecule has 0 radical (unpaired) electrons. The Bertz CT molecular complexity index is 751. The van der Waals surface area contributed by atoms with E-state index >= 15 is 0 Å². The van der Waals surface area contributed by atoms with Gasteiger partial charge in [0.15, 0.2) is 6.04 Å². The Kier molecular flexibility index (Phi) is 7.44. The van der Waals surface area contributed by atoms with E-state index in [0.29, 0.717) is 24.3 Å². The van der Waals surface area contributed by atoms with Crippen molar-refractivity contribution in [2.24, 2.45) is 0 Å². The summed E-state index contributed by atoms with van der Waals surface area (Å²) in [6.07, 6.45) is 0.671. The summed E-state index contributed by atoms with van der Waals surface area (Å²) >= 11 is 6.02. The van der Waals surface area contributed by atoms with Gasteiger partial charge in [-0.2, -0.15) is 0 Å². The fourth-order valence-electron chi connectivity index (χ4n) is 2.35. The van der Waals surface area contributed by atoms with Crippen molar-refractivity contribution < 1.29 is 24.2 Å². The number of carboxylic acid groups (broad SMARTS) is 1. The van der Waals surface area contributed by atoms with Gasteiger partial charge in [-0.1, -0.05) is 48.0 Å². The zero-order valence-electron chi connectivity index (χ0n) is 14.3. The van der Waals surface area contributed by atoms with Crippen molar-refractivity contribution in [3.05, 3.63) is 64.7 Å². The van der Waals surface area contributed by atoms with Crippen LogP contribution in [0.4, 0.5) is 0 Å². The summed E-state index contributed by atoms with van der Waals surface area (Å²) < 4.78 is 10.4. The minimum atomic E-state index is -1.22. The number of amides is 1. The fourth-order valence-corrected chi connectivity index (χ4v) is 2.62. The molecule has 138 valence electrons. The molecule has 0 aliphatic carbocycles. The third-order valence-electron chi connectivity index (χ3n) is 3.67. The van der Waals surface area contributed by atoms with Crippen LogP contribution in [0.1, 0.15) is 17.2 Å². The molecule has 0 saturated heterocycles. The van der Waals surface area contributed by atoms with Crippen LogP contribution in [-0.2, 0) is 20.7 Å². The van der Waals surface area contributed by atoms with Crippen molar-refractivity contribution >= 4 is 23.5 Å². The van der Waals surface area contributed by atoms with Crippen molar-refractivity contribution in [3.8, 4) is 5.75 Å². The summed E-state index contributed by atoms with van der Waals surface area (Å²) in [6, 6.07) is 13.1. The summed E-state index contributed by atoms with van der Waals surface area (Å²) in [5.74, 6) is -1.28. The Labute approximate surface area is 156 Å². The minimum absolute atomic E-state index is 0.222. The number of carbonyl (C=O) groups excluding carboxylic acids is 1. The molecule has 1 amide bonds. The summed E-state index contributed by atoms with van der Waals surface area (Å²) in [7, 11) is 1.46. The molecule has 0 aliphatic heterocycles. The van der Waals surface area contributed by atoms with Crippen LogP contribution >= 0.6 is 11.6 Å². The molecular formula is C19H20ClNO5. The highest BCUT2D eigenvalue weighted by Crippen LogP contribution is 2.27. The van der Waals surface area contributed by atoms with E-state index in [9.17, 15) is 14.7 Å². The van der Waals surface area contributed by atoms with E-state index in [-0.39, 0.29) is 11.6 Å². The lowest BCUT2D eigenvalue weighted by Crippen LogP contribution is -2.36. The van der Waals surface area contributed by atoms with Gasteiger partial charge in [-0.05, 0) is 29.7 Å². The molecule has 6 nitrogen and oxygen atoms in total. The van der Waals surface area contributed by atoms with E-state index < -0.39 is 17.9 Å². The molecule has 2 rings (SSSR count). The quantitative estimate of drug-likeness (QED) is 0.656. The van der Waals surface area contributed by atoms with E-state index in [1.165, 1.54) is 13.2 Å². The van der Waals surface area contributed by atoms with Crippen LogP contribution in [0.25, 0.3) is 0 Å². The number of aliphatic carboxylic acids is 1. The Morgan fingerprint density at radius 2 is 1.92 bits per heavy atom. The van der Waals surface area contributed by atoms with Crippen LogP contribution in [0.2, 0.25) is 5.02 Å². The number of methoxy groups -OCH3 is 1. The number of halogens is 1. The highest BCUT2D eigenvalue weighted by molar-refractivity contribution is 6.32. The summed E-state index contributed by atoms with van der Waals surface area (Å²) in [5, 5.41) is 12.1. The average molecular weight is 378 g/mol. The monoisotopic (exact) mass is 377 g/mol. The first kappa shape index (κ1) is 19.8. The highest BCUT2D eigenvalue weighted by Gasteiger charge is 2.23. The molecule has 2 aromatic rings. The standard InChI is InChI=1S/C19H20ClNO5/c1-25-16-8-7-14(11-15(16)20)18(19(23)24)21-17(22)12-26-10-9-13-5-3-2-4-6-13/h2-8,11,18H,9-10,12H2,1H3,(H,21,22)(H,23,24). The molecular weight excluding hydrogens is 358 g/mol. The normalized spacial score (nSPS) is 11.6. The fraction of sp³-hybridized carbons (Fsp3) is 0.263. The van der Waals surface area contributed by atoms with Gasteiger partial charge in [-0.25, -0.2) is 4.79 Å². The lowest BCUT2D eigenvalue weighted by Gasteiger charge is -2.16. The van der Waals surface area contributed by atoms with Crippen LogP contribution in [-0.4, -0.2) is 37.3 Å². The Hall–Kier alpha value is -2.57. The predicted molar refractivity (Wildman–Crippen MR) is 97.5 cm³/mol. The predicted octanol–water partition coefficient (Wildman–Crippen LogP) is 2.85. The second kappa shape index (κ2) is 9.79. The van der Waals surface area contributed by atoms with Crippen molar-refractivity contribution in [1.29, 1.82) is 0 Å². The van der Waals surface area contributed by atoms with Crippen molar-refractivity contribution in [2.45, 2.75) is 12.5 Å². The zero-order chi connectivity index (χ0) is 18.9.